The van der Waals surface area contributed by atoms with Crippen molar-refractivity contribution in [2.45, 2.75) is 38.2 Å². The molecule has 0 spiro atoms. The highest BCUT2D eigenvalue weighted by Crippen LogP contribution is 2.39. The van der Waals surface area contributed by atoms with Crippen LogP contribution < -0.4 is 0 Å². The molecule has 0 N–H and O–H groups in total. The van der Waals surface area contributed by atoms with E-state index >= 15 is 0 Å². The van der Waals surface area contributed by atoms with Crippen LogP contribution in [0.3, 0.4) is 0 Å². The first kappa shape index (κ1) is 11.9. The van der Waals surface area contributed by atoms with Gasteiger partial charge in [-0.2, -0.15) is 0 Å². The Hall–Kier alpha value is -1.53. The molecule has 17 heavy (non-hydrogen) atoms. The molecule has 1 aromatic rings. The lowest BCUT2D eigenvalue weighted by Gasteiger charge is -2.21. The standard InChI is InChI=1S/C10H13F2N3O2/c1-3-10(11,12)6-4-5-7-13-8(9(16)17-2)14-15(6)7/h6H,3-5H2,1-2H3. The van der Waals surface area contributed by atoms with Crippen molar-refractivity contribution < 1.29 is 18.3 Å². The Morgan fingerprint density at radius 3 is 2.94 bits per heavy atom. The van der Waals surface area contributed by atoms with E-state index in [4.69, 9.17) is 0 Å². The summed E-state index contributed by atoms with van der Waals surface area (Å²) >= 11 is 0. The topological polar surface area (TPSA) is 57.0 Å². The summed E-state index contributed by atoms with van der Waals surface area (Å²) < 4.78 is 32.9. The molecule has 0 fully saturated rings. The maximum Gasteiger partial charge on any atom is 0.377 e. The molecule has 0 bridgehead atoms. The number of rotatable bonds is 3. The number of hydrogen-bond acceptors (Lipinski definition) is 4. The van der Waals surface area contributed by atoms with Gasteiger partial charge in [0, 0.05) is 12.8 Å². The maximum atomic E-state index is 13.6. The molecule has 1 unspecified atom stereocenters. The van der Waals surface area contributed by atoms with Crippen LogP contribution in [0.1, 0.15) is 42.3 Å². The zero-order valence-corrected chi connectivity index (χ0v) is 9.61. The first-order chi connectivity index (χ1) is 7.99. The predicted octanol–water partition coefficient (Wildman–Crippen LogP) is 1.60. The quantitative estimate of drug-likeness (QED) is 0.759. The van der Waals surface area contributed by atoms with E-state index in [1.54, 1.807) is 0 Å². The van der Waals surface area contributed by atoms with E-state index in [2.05, 4.69) is 14.8 Å². The number of halogens is 2. The van der Waals surface area contributed by atoms with E-state index in [1.165, 1.54) is 14.0 Å². The summed E-state index contributed by atoms with van der Waals surface area (Å²) in [5.74, 6) is -3.26. The first-order valence-electron chi connectivity index (χ1n) is 5.41. The molecule has 0 aromatic carbocycles. The summed E-state index contributed by atoms with van der Waals surface area (Å²) in [4.78, 5) is 15.1. The van der Waals surface area contributed by atoms with Crippen LogP contribution in [0, 0.1) is 0 Å². The number of nitrogens with zero attached hydrogens (tertiary/aromatic N) is 3. The molecule has 5 nitrogen and oxygen atoms in total. The molecule has 0 aliphatic carbocycles. The smallest absolute Gasteiger partial charge is 0.377 e. The van der Waals surface area contributed by atoms with Gasteiger partial charge in [-0.15, -0.1) is 5.10 Å². The van der Waals surface area contributed by atoms with Gasteiger partial charge >= 0.3 is 5.97 Å². The van der Waals surface area contributed by atoms with Crippen LogP contribution >= 0.6 is 0 Å². The average Bonchev–Trinajstić information content (AvgIpc) is 2.86. The van der Waals surface area contributed by atoms with Crippen LogP contribution in [0.5, 0.6) is 0 Å². The summed E-state index contributed by atoms with van der Waals surface area (Å²) in [6, 6.07) is -1.01. The van der Waals surface area contributed by atoms with E-state index in [0.717, 1.165) is 4.68 Å². The Labute approximate surface area is 96.8 Å². The lowest BCUT2D eigenvalue weighted by molar-refractivity contribution is -0.0555. The fourth-order valence-electron chi connectivity index (χ4n) is 1.97. The molecule has 94 valence electrons. The highest BCUT2D eigenvalue weighted by molar-refractivity contribution is 5.84. The highest BCUT2D eigenvalue weighted by atomic mass is 19.3. The number of carbonyl (C=O) groups is 1. The molecular formula is C10H13F2N3O2. The van der Waals surface area contributed by atoms with Crippen molar-refractivity contribution in [1.29, 1.82) is 0 Å². The van der Waals surface area contributed by atoms with E-state index < -0.39 is 17.9 Å². The van der Waals surface area contributed by atoms with Crippen molar-refractivity contribution in [1.82, 2.24) is 14.8 Å². The van der Waals surface area contributed by atoms with E-state index in [0.29, 0.717) is 18.7 Å². The van der Waals surface area contributed by atoms with Gasteiger partial charge in [-0.3, -0.25) is 0 Å². The van der Waals surface area contributed by atoms with Crippen molar-refractivity contribution in [2.75, 3.05) is 7.11 Å². The molecule has 1 atom stereocenters. The largest absolute Gasteiger partial charge is 0.463 e. The second-order valence-electron chi connectivity index (χ2n) is 3.96. The molecule has 0 saturated heterocycles. The van der Waals surface area contributed by atoms with Gasteiger partial charge in [0.25, 0.3) is 11.7 Å². The maximum absolute atomic E-state index is 13.6. The third kappa shape index (κ3) is 1.89. The van der Waals surface area contributed by atoms with Crippen LogP contribution in [0.4, 0.5) is 8.78 Å². The fourth-order valence-corrected chi connectivity index (χ4v) is 1.97. The molecule has 2 rings (SSSR count). The Balaban J connectivity index is 2.32. The van der Waals surface area contributed by atoms with Crippen molar-refractivity contribution in [2.24, 2.45) is 0 Å². The SMILES string of the molecule is CCC(F)(F)C1CCc2nc(C(=O)OC)nn21. The van der Waals surface area contributed by atoms with Gasteiger partial charge in [0.1, 0.15) is 11.9 Å². The van der Waals surface area contributed by atoms with Crippen molar-refractivity contribution >= 4 is 5.97 Å². The zero-order valence-electron chi connectivity index (χ0n) is 9.61. The number of ether oxygens (including phenoxy) is 1. The van der Waals surface area contributed by atoms with E-state index in [9.17, 15) is 13.6 Å². The number of methoxy groups -OCH3 is 1. The lowest BCUT2D eigenvalue weighted by atomic mass is 10.1. The molecular weight excluding hydrogens is 232 g/mol. The van der Waals surface area contributed by atoms with Gasteiger partial charge in [0.05, 0.1) is 7.11 Å². The van der Waals surface area contributed by atoms with Crippen molar-refractivity contribution in [3.8, 4) is 0 Å². The van der Waals surface area contributed by atoms with Crippen LogP contribution in [-0.2, 0) is 11.2 Å². The fraction of sp³-hybridized carbons (Fsp3) is 0.700. The lowest BCUT2D eigenvalue weighted by Crippen LogP contribution is -2.28. The van der Waals surface area contributed by atoms with Crippen LogP contribution in [-0.4, -0.2) is 33.8 Å². The monoisotopic (exact) mass is 245 g/mol. The highest BCUT2D eigenvalue weighted by Gasteiger charge is 2.44. The molecule has 0 amide bonds. The van der Waals surface area contributed by atoms with Gasteiger partial charge in [-0.25, -0.2) is 23.2 Å². The average molecular weight is 245 g/mol. The minimum Gasteiger partial charge on any atom is -0.463 e. The molecule has 2 heterocycles. The Bertz CT molecular complexity index is 445. The number of aromatic nitrogens is 3. The van der Waals surface area contributed by atoms with E-state index in [-0.39, 0.29) is 12.2 Å². The summed E-state index contributed by atoms with van der Waals surface area (Å²) in [6.07, 6.45) is 0.451. The third-order valence-electron chi connectivity index (χ3n) is 2.97. The third-order valence-corrected chi connectivity index (χ3v) is 2.97. The molecule has 1 aliphatic heterocycles. The number of hydrogen-bond donors (Lipinski definition) is 0. The molecule has 1 aromatic heterocycles. The summed E-state index contributed by atoms with van der Waals surface area (Å²) in [7, 11) is 1.20. The van der Waals surface area contributed by atoms with Crippen molar-refractivity contribution in [3.05, 3.63) is 11.6 Å². The Morgan fingerprint density at radius 1 is 1.65 bits per heavy atom. The van der Waals surface area contributed by atoms with E-state index in [1.807, 2.05) is 0 Å². The second-order valence-corrected chi connectivity index (χ2v) is 3.96. The second kappa shape index (κ2) is 4.05. The summed E-state index contributed by atoms with van der Waals surface area (Å²) in [5, 5.41) is 3.81. The molecule has 1 aliphatic rings. The van der Waals surface area contributed by atoms with Gasteiger partial charge < -0.3 is 4.74 Å². The van der Waals surface area contributed by atoms with Crippen LogP contribution in [0.15, 0.2) is 0 Å². The van der Waals surface area contributed by atoms with Gasteiger partial charge in [0.15, 0.2) is 0 Å². The van der Waals surface area contributed by atoms with Crippen LogP contribution in [0.25, 0.3) is 0 Å². The van der Waals surface area contributed by atoms with Gasteiger partial charge in [0.2, 0.25) is 0 Å². The number of esters is 1. The molecule has 7 heteroatoms. The number of carbonyl (C=O) groups excluding carboxylic acids is 1. The normalized spacial score (nSPS) is 19.2. The Kier molecular flexibility index (Phi) is 2.84. The Morgan fingerprint density at radius 2 is 2.35 bits per heavy atom. The molecule has 0 radical (unpaired) electrons. The number of alkyl halides is 2. The summed E-state index contributed by atoms with van der Waals surface area (Å²) in [5.41, 5.74) is 0. The van der Waals surface area contributed by atoms with Crippen LogP contribution in [0.2, 0.25) is 0 Å². The number of aryl methyl sites for hydroxylation is 1. The predicted molar refractivity (Wildman–Crippen MR) is 54.0 cm³/mol. The minimum atomic E-state index is -2.83. The number of fused-ring (bicyclic) bond motifs is 1. The first-order valence-corrected chi connectivity index (χ1v) is 5.41. The van der Waals surface area contributed by atoms with Gasteiger partial charge in [-0.1, -0.05) is 6.92 Å². The minimum absolute atomic E-state index is 0.154. The summed E-state index contributed by atoms with van der Waals surface area (Å²) in [6.45, 7) is 1.43. The molecule has 0 saturated carbocycles. The van der Waals surface area contributed by atoms with Crippen molar-refractivity contribution in [3.63, 3.8) is 0 Å². The van der Waals surface area contributed by atoms with Gasteiger partial charge in [-0.05, 0) is 6.42 Å². The zero-order chi connectivity index (χ0) is 12.6.